The van der Waals surface area contributed by atoms with Gasteiger partial charge in [-0.25, -0.2) is 10.7 Å². The second kappa shape index (κ2) is 5.36. The molecule has 4 heteroatoms. The van der Waals surface area contributed by atoms with Gasteiger partial charge in [0.25, 0.3) is 0 Å². The largest absolute Gasteiger partial charge is 0.462 e. The second-order valence-electron chi connectivity index (χ2n) is 2.69. The van der Waals surface area contributed by atoms with Gasteiger partial charge in [0.1, 0.15) is 0 Å². The van der Waals surface area contributed by atoms with Crippen molar-refractivity contribution in [3.63, 3.8) is 0 Å². The lowest BCUT2D eigenvalue weighted by Gasteiger charge is -2.06. The molecule has 0 saturated carbocycles. The van der Waals surface area contributed by atoms with Crippen molar-refractivity contribution in [2.24, 2.45) is 5.90 Å². The summed E-state index contributed by atoms with van der Waals surface area (Å²) in [5.41, 5.74) is 1.23. The highest BCUT2D eigenvalue weighted by Crippen LogP contribution is 2.10. The van der Waals surface area contributed by atoms with Crippen molar-refractivity contribution in [2.45, 2.75) is 13.5 Å². The van der Waals surface area contributed by atoms with Crippen LogP contribution in [0.1, 0.15) is 22.8 Å². The van der Waals surface area contributed by atoms with E-state index in [1.807, 2.05) is 6.07 Å². The van der Waals surface area contributed by atoms with Crippen molar-refractivity contribution >= 4 is 5.97 Å². The number of ether oxygens (including phenoxy) is 1. The third-order valence-corrected chi connectivity index (χ3v) is 1.75. The fourth-order valence-electron chi connectivity index (χ4n) is 1.14. The smallest absolute Gasteiger partial charge is 0.338 e. The van der Waals surface area contributed by atoms with E-state index in [9.17, 15) is 4.79 Å². The van der Waals surface area contributed by atoms with Crippen molar-refractivity contribution in [1.82, 2.24) is 0 Å². The van der Waals surface area contributed by atoms with Crippen molar-refractivity contribution in [3.05, 3.63) is 35.4 Å². The minimum atomic E-state index is -0.347. The lowest BCUT2D eigenvalue weighted by molar-refractivity contribution is 0.0518. The van der Waals surface area contributed by atoms with Crippen LogP contribution in [-0.2, 0) is 16.2 Å². The van der Waals surface area contributed by atoms with Crippen LogP contribution in [0.3, 0.4) is 0 Å². The Morgan fingerprint density at radius 2 is 2.14 bits per heavy atom. The summed E-state index contributed by atoms with van der Waals surface area (Å²) in [6, 6.07) is 7.05. The van der Waals surface area contributed by atoms with Crippen LogP contribution in [0.2, 0.25) is 0 Å². The number of esters is 1. The van der Waals surface area contributed by atoms with Crippen molar-refractivity contribution in [3.8, 4) is 0 Å². The standard InChI is InChI=1S/C10H13NO3/c1-2-13-10(12)9-6-4-3-5-8(9)7-14-11/h3-6H,2,7,11H2,1H3. The van der Waals surface area contributed by atoms with E-state index in [4.69, 9.17) is 10.6 Å². The first-order chi connectivity index (χ1) is 6.79. The fourth-order valence-corrected chi connectivity index (χ4v) is 1.14. The molecule has 0 spiro atoms. The summed E-state index contributed by atoms with van der Waals surface area (Å²) in [5.74, 6) is 4.60. The van der Waals surface area contributed by atoms with Gasteiger partial charge in [-0.15, -0.1) is 0 Å². The summed E-state index contributed by atoms with van der Waals surface area (Å²) < 4.78 is 4.88. The average Bonchev–Trinajstić information content (AvgIpc) is 2.19. The number of carbonyl (C=O) groups is 1. The Morgan fingerprint density at radius 1 is 1.43 bits per heavy atom. The van der Waals surface area contributed by atoms with Crippen LogP contribution in [0.5, 0.6) is 0 Å². The maximum Gasteiger partial charge on any atom is 0.338 e. The number of hydrogen-bond acceptors (Lipinski definition) is 4. The zero-order valence-electron chi connectivity index (χ0n) is 8.03. The number of nitrogens with two attached hydrogens (primary N) is 1. The molecule has 0 aliphatic carbocycles. The summed E-state index contributed by atoms with van der Waals surface area (Å²) in [7, 11) is 0. The topological polar surface area (TPSA) is 61.5 Å². The molecule has 14 heavy (non-hydrogen) atoms. The van der Waals surface area contributed by atoms with E-state index in [0.29, 0.717) is 12.2 Å². The molecule has 2 N–H and O–H groups in total. The SMILES string of the molecule is CCOC(=O)c1ccccc1CON. The van der Waals surface area contributed by atoms with E-state index in [1.54, 1.807) is 25.1 Å². The lowest BCUT2D eigenvalue weighted by Crippen LogP contribution is -2.10. The van der Waals surface area contributed by atoms with Crippen LogP contribution >= 0.6 is 0 Å². The first kappa shape index (κ1) is 10.7. The number of hydrogen-bond donors (Lipinski definition) is 1. The predicted molar refractivity (Wildman–Crippen MR) is 51.4 cm³/mol. The normalized spacial score (nSPS) is 9.86. The van der Waals surface area contributed by atoms with Crippen LogP contribution in [-0.4, -0.2) is 12.6 Å². The van der Waals surface area contributed by atoms with Crippen molar-refractivity contribution in [1.29, 1.82) is 0 Å². The quantitative estimate of drug-likeness (QED) is 0.580. The molecule has 0 heterocycles. The van der Waals surface area contributed by atoms with Crippen LogP contribution in [0.15, 0.2) is 24.3 Å². The molecule has 1 aromatic carbocycles. The molecule has 4 nitrogen and oxygen atoms in total. The number of carbonyl (C=O) groups excluding carboxylic acids is 1. The highest BCUT2D eigenvalue weighted by Gasteiger charge is 2.10. The van der Waals surface area contributed by atoms with Gasteiger partial charge in [-0.05, 0) is 18.6 Å². The molecule has 0 atom stereocenters. The first-order valence-electron chi connectivity index (χ1n) is 4.36. The minimum Gasteiger partial charge on any atom is -0.462 e. The molecule has 0 bridgehead atoms. The van der Waals surface area contributed by atoms with Crippen LogP contribution in [0.25, 0.3) is 0 Å². The highest BCUT2D eigenvalue weighted by molar-refractivity contribution is 5.91. The summed E-state index contributed by atoms with van der Waals surface area (Å²) in [5, 5.41) is 0. The van der Waals surface area contributed by atoms with Gasteiger partial charge in [0, 0.05) is 0 Å². The lowest BCUT2D eigenvalue weighted by atomic mass is 10.1. The van der Waals surface area contributed by atoms with Gasteiger partial charge in [-0.2, -0.15) is 0 Å². The Labute approximate surface area is 82.6 Å². The summed E-state index contributed by atoms with van der Waals surface area (Å²) in [6.07, 6.45) is 0. The summed E-state index contributed by atoms with van der Waals surface area (Å²) in [6.45, 7) is 2.32. The minimum absolute atomic E-state index is 0.203. The Balaban J connectivity index is 2.88. The number of rotatable bonds is 4. The molecule has 76 valence electrons. The second-order valence-corrected chi connectivity index (χ2v) is 2.69. The van der Waals surface area contributed by atoms with Gasteiger partial charge in [0.05, 0.1) is 18.8 Å². The molecule has 0 unspecified atom stereocenters. The molecule has 0 aromatic heterocycles. The predicted octanol–water partition coefficient (Wildman–Crippen LogP) is 1.25. The summed E-state index contributed by atoms with van der Waals surface area (Å²) in [4.78, 5) is 15.9. The molecule has 1 rings (SSSR count). The molecule has 0 aliphatic heterocycles. The Bertz CT molecular complexity index is 312. The first-order valence-corrected chi connectivity index (χ1v) is 4.36. The van der Waals surface area contributed by atoms with E-state index < -0.39 is 0 Å². The zero-order valence-corrected chi connectivity index (χ0v) is 8.03. The van der Waals surface area contributed by atoms with Crippen LogP contribution in [0, 0.1) is 0 Å². The van der Waals surface area contributed by atoms with E-state index in [-0.39, 0.29) is 12.6 Å². The van der Waals surface area contributed by atoms with E-state index >= 15 is 0 Å². The average molecular weight is 195 g/mol. The molecule has 1 aromatic rings. The van der Waals surface area contributed by atoms with Crippen LogP contribution < -0.4 is 5.90 Å². The molecule has 0 saturated heterocycles. The van der Waals surface area contributed by atoms with Gasteiger partial charge in [0.2, 0.25) is 0 Å². The fraction of sp³-hybridized carbons (Fsp3) is 0.300. The third-order valence-electron chi connectivity index (χ3n) is 1.75. The van der Waals surface area contributed by atoms with Gasteiger partial charge in [-0.3, -0.25) is 4.84 Å². The third kappa shape index (κ3) is 2.55. The summed E-state index contributed by atoms with van der Waals surface area (Å²) >= 11 is 0. The monoisotopic (exact) mass is 195 g/mol. The van der Waals surface area contributed by atoms with E-state index in [2.05, 4.69) is 4.84 Å². The molecule has 0 aliphatic rings. The van der Waals surface area contributed by atoms with Crippen molar-refractivity contribution < 1.29 is 14.4 Å². The Morgan fingerprint density at radius 3 is 2.79 bits per heavy atom. The maximum atomic E-state index is 11.4. The molecule has 0 amide bonds. The molecule has 0 fully saturated rings. The van der Waals surface area contributed by atoms with Gasteiger partial charge < -0.3 is 4.74 Å². The van der Waals surface area contributed by atoms with E-state index in [1.165, 1.54) is 0 Å². The highest BCUT2D eigenvalue weighted by atomic mass is 16.6. The number of benzene rings is 1. The Kier molecular flexibility index (Phi) is 4.10. The van der Waals surface area contributed by atoms with Crippen molar-refractivity contribution in [2.75, 3.05) is 6.61 Å². The molecular weight excluding hydrogens is 182 g/mol. The van der Waals surface area contributed by atoms with E-state index in [0.717, 1.165) is 5.56 Å². The van der Waals surface area contributed by atoms with Crippen LogP contribution in [0.4, 0.5) is 0 Å². The van der Waals surface area contributed by atoms with Gasteiger partial charge in [0.15, 0.2) is 0 Å². The van der Waals surface area contributed by atoms with Gasteiger partial charge in [-0.1, -0.05) is 18.2 Å². The maximum absolute atomic E-state index is 11.4. The zero-order chi connectivity index (χ0) is 10.4. The van der Waals surface area contributed by atoms with Gasteiger partial charge >= 0.3 is 5.97 Å². The Hall–Kier alpha value is -1.39. The molecular formula is C10H13NO3. The molecule has 0 radical (unpaired) electrons.